The van der Waals surface area contributed by atoms with Crippen LogP contribution in [0.25, 0.3) is 21.8 Å². The lowest BCUT2D eigenvalue weighted by atomic mass is 10.2. The predicted molar refractivity (Wildman–Crippen MR) is 156 cm³/mol. The molecule has 0 saturated heterocycles. The van der Waals surface area contributed by atoms with Gasteiger partial charge in [0.05, 0.1) is 11.0 Å². The summed E-state index contributed by atoms with van der Waals surface area (Å²) in [5, 5.41) is 1.38. The van der Waals surface area contributed by atoms with Gasteiger partial charge in [0.1, 0.15) is 23.1 Å². The molecule has 9 heteroatoms. The zero-order valence-corrected chi connectivity index (χ0v) is 25.7. The van der Waals surface area contributed by atoms with Gasteiger partial charge in [0, 0.05) is 23.2 Å². The Bertz CT molecular complexity index is 1350. The van der Waals surface area contributed by atoms with E-state index in [2.05, 4.69) is 76.2 Å². The quantitative estimate of drug-likeness (QED) is 0.230. The molecule has 1 radical (unpaired) electrons. The first-order valence-corrected chi connectivity index (χ1v) is 18.6. The lowest BCUT2D eigenvalue weighted by molar-refractivity contribution is 0.464. The summed E-state index contributed by atoms with van der Waals surface area (Å²) in [7, 11) is -3.00. The van der Waals surface area contributed by atoms with Crippen molar-refractivity contribution < 1.29 is 18.1 Å². The van der Waals surface area contributed by atoms with Gasteiger partial charge < -0.3 is 17.8 Å². The van der Waals surface area contributed by atoms with Crippen molar-refractivity contribution in [2.75, 3.05) is 0 Å². The van der Waals surface area contributed by atoms with Crippen molar-refractivity contribution in [3.8, 4) is 11.5 Å². The average molecular weight is 540 g/mol. The molecule has 4 rings (SSSR count). The Hall–Kier alpha value is -2.52. The topological polar surface area (TPSA) is 28.3 Å². The lowest BCUT2D eigenvalue weighted by Crippen LogP contribution is -2.45. The molecule has 2 aromatic heterocycles. The van der Waals surface area contributed by atoms with Crippen LogP contribution in [0.2, 0.25) is 36.3 Å². The number of hydrogen-bond acceptors (Lipinski definition) is 2. The molecule has 0 aliphatic heterocycles. The van der Waals surface area contributed by atoms with Crippen molar-refractivity contribution in [2.24, 2.45) is 0 Å². The van der Waals surface area contributed by atoms with Crippen LogP contribution in [-0.4, -0.2) is 32.6 Å². The minimum Gasteiger partial charge on any atom is -0.525 e. The molecular weight excluding hydrogens is 501 g/mol. The molecule has 0 bridgehead atoms. The maximum absolute atomic E-state index is 15.1. The fraction of sp³-hybridized carbons (Fsp3) is 0.429. The maximum atomic E-state index is 15.1. The molecule has 2 heterocycles. The van der Waals surface area contributed by atoms with Gasteiger partial charge in [0.15, 0.2) is 16.5 Å². The van der Waals surface area contributed by atoms with Crippen LogP contribution in [0.15, 0.2) is 48.8 Å². The molecule has 0 amide bonds. The number of nitrogens with zero attached hydrogens (tertiary/aromatic N) is 2. The van der Waals surface area contributed by atoms with E-state index in [1.807, 2.05) is 24.5 Å². The second kappa shape index (κ2) is 9.05. The van der Waals surface area contributed by atoms with E-state index < -0.39 is 16.5 Å². The van der Waals surface area contributed by atoms with Gasteiger partial charge in [-0.25, -0.2) is 8.78 Å². The fourth-order valence-corrected chi connectivity index (χ4v) is 8.24. The van der Waals surface area contributed by atoms with Crippen LogP contribution in [0, 0.1) is 11.6 Å². The summed E-state index contributed by atoms with van der Waals surface area (Å²) in [6, 6.07) is 10.1. The average Bonchev–Trinajstić information content (AvgIpc) is 3.34. The highest BCUT2D eigenvalue weighted by Gasteiger charge is 2.40. The minimum absolute atomic E-state index is 0.00559. The Morgan fingerprint density at radius 1 is 0.649 bits per heavy atom. The first-order valence-electron chi connectivity index (χ1n) is 12.7. The van der Waals surface area contributed by atoms with Crippen LogP contribution in [0.4, 0.5) is 8.78 Å². The predicted octanol–water partition coefficient (Wildman–Crippen LogP) is 8.57. The van der Waals surface area contributed by atoms with Gasteiger partial charge in [0.25, 0.3) is 0 Å². The van der Waals surface area contributed by atoms with E-state index in [1.165, 1.54) is 19.8 Å². The van der Waals surface area contributed by atoms with E-state index in [-0.39, 0.29) is 21.7 Å². The van der Waals surface area contributed by atoms with Gasteiger partial charge in [-0.1, -0.05) is 79.9 Å². The zero-order valence-electron chi connectivity index (χ0n) is 23.7. The third-order valence-electron chi connectivity index (χ3n) is 8.70. The van der Waals surface area contributed by atoms with E-state index >= 15 is 8.78 Å². The molecule has 2 aromatic carbocycles. The van der Waals surface area contributed by atoms with Gasteiger partial charge in [0.2, 0.25) is 0 Å². The van der Waals surface area contributed by atoms with E-state index in [1.54, 1.807) is 12.1 Å². The Balaban J connectivity index is 1.70. The molecule has 0 N–H and O–H groups in total. The molecule has 0 fully saturated rings. The van der Waals surface area contributed by atoms with Crippen molar-refractivity contribution >= 4 is 46.0 Å². The van der Waals surface area contributed by atoms with Crippen molar-refractivity contribution in [1.29, 1.82) is 0 Å². The third kappa shape index (κ3) is 4.54. The molecule has 0 unspecified atom stereocenters. The standard InChI is InChI=1S/C28H38BF2N2O2Si2/c1-27(2,3)36(7,8)32-17-23(19-13-11-15-21(30)25(19)32)34-29-35-24-18-33(37(9,10)28(4,5)6)26-20(24)14-12-16-22(26)31/h11-18H,1-10H3. The molecule has 0 atom stereocenters. The molecule has 0 aliphatic carbocycles. The van der Waals surface area contributed by atoms with E-state index in [4.69, 9.17) is 9.31 Å². The van der Waals surface area contributed by atoms with Crippen molar-refractivity contribution in [3.05, 3.63) is 60.4 Å². The number of aromatic nitrogens is 2. The SMILES string of the molecule is CC(C)(C)[Si](C)(C)n1cc(O[B]Oc2cn([Si](C)(C)C(C)(C)C)c3c(F)cccc23)c2cccc(F)c21. The number of rotatable bonds is 6. The molecule has 197 valence electrons. The van der Waals surface area contributed by atoms with Gasteiger partial charge >= 0.3 is 7.69 Å². The monoisotopic (exact) mass is 539 g/mol. The first-order chi connectivity index (χ1) is 17.0. The second-order valence-electron chi connectivity index (χ2n) is 12.9. The van der Waals surface area contributed by atoms with Gasteiger partial charge in [-0.05, 0) is 34.3 Å². The fourth-order valence-electron chi connectivity index (χ4n) is 4.34. The molecule has 0 aliphatic rings. The Morgan fingerprint density at radius 2 is 1.00 bits per heavy atom. The first kappa shape index (κ1) is 27.5. The van der Waals surface area contributed by atoms with E-state index in [0.717, 1.165) is 0 Å². The van der Waals surface area contributed by atoms with Gasteiger partial charge in [-0.2, -0.15) is 0 Å². The lowest BCUT2D eigenvalue weighted by Gasteiger charge is -2.38. The summed E-state index contributed by atoms with van der Waals surface area (Å²) in [4.78, 5) is 0. The van der Waals surface area contributed by atoms with Crippen molar-refractivity contribution in [2.45, 2.75) is 77.8 Å². The molecular formula is C28H38BF2N2O2Si2. The van der Waals surface area contributed by atoms with E-state index in [0.29, 0.717) is 33.3 Å². The van der Waals surface area contributed by atoms with E-state index in [9.17, 15) is 0 Å². The molecule has 37 heavy (non-hydrogen) atoms. The number of para-hydroxylation sites is 2. The van der Waals surface area contributed by atoms with Crippen LogP contribution < -0.4 is 9.31 Å². The summed E-state index contributed by atoms with van der Waals surface area (Å²) in [5.74, 6) is 0.509. The van der Waals surface area contributed by atoms with Crippen LogP contribution in [0.5, 0.6) is 11.5 Å². The Labute approximate surface area is 222 Å². The summed E-state index contributed by atoms with van der Waals surface area (Å²) in [6.45, 7) is 22.1. The van der Waals surface area contributed by atoms with Crippen LogP contribution >= 0.6 is 0 Å². The largest absolute Gasteiger partial charge is 0.658 e. The summed E-state index contributed by atoms with van der Waals surface area (Å²) in [6.07, 6.45) is 3.79. The zero-order chi connectivity index (χ0) is 27.6. The number of fused-ring (bicyclic) bond motifs is 2. The normalized spacial score (nSPS) is 13.4. The smallest absolute Gasteiger partial charge is 0.525 e. The summed E-state index contributed by atoms with van der Waals surface area (Å²) in [5.41, 5.74) is 1.10. The second-order valence-corrected chi connectivity index (χ2v) is 23.1. The highest BCUT2D eigenvalue weighted by molar-refractivity contribution is 6.80. The third-order valence-corrected chi connectivity index (χ3v) is 19.2. The van der Waals surface area contributed by atoms with Crippen LogP contribution in [-0.2, 0) is 0 Å². The van der Waals surface area contributed by atoms with Crippen molar-refractivity contribution in [3.63, 3.8) is 0 Å². The Morgan fingerprint density at radius 3 is 1.32 bits per heavy atom. The minimum atomic E-state index is -2.14. The number of halogens is 2. The molecule has 4 aromatic rings. The Kier molecular flexibility index (Phi) is 6.73. The highest BCUT2D eigenvalue weighted by Crippen LogP contribution is 2.43. The summed E-state index contributed by atoms with van der Waals surface area (Å²) < 4.78 is 46.3. The van der Waals surface area contributed by atoms with Gasteiger partial charge in [-0.3, -0.25) is 0 Å². The van der Waals surface area contributed by atoms with Crippen LogP contribution in [0.1, 0.15) is 41.5 Å². The maximum Gasteiger partial charge on any atom is 0.658 e. The molecule has 4 nitrogen and oxygen atoms in total. The van der Waals surface area contributed by atoms with Crippen molar-refractivity contribution in [1.82, 2.24) is 8.47 Å². The van der Waals surface area contributed by atoms with Crippen LogP contribution in [0.3, 0.4) is 0 Å². The van der Waals surface area contributed by atoms with Gasteiger partial charge in [-0.15, -0.1) is 0 Å². The number of benzene rings is 2. The number of hydrogen-bond donors (Lipinski definition) is 0. The molecule has 0 saturated carbocycles. The molecule has 0 spiro atoms. The highest BCUT2D eigenvalue weighted by atomic mass is 28.3. The summed E-state index contributed by atoms with van der Waals surface area (Å²) >= 11 is 0.